The lowest BCUT2D eigenvalue weighted by Gasteiger charge is -2.30. The van der Waals surface area contributed by atoms with Crippen molar-refractivity contribution in [2.75, 3.05) is 41.8 Å². The Bertz CT molecular complexity index is 881. The molecule has 1 saturated heterocycles. The van der Waals surface area contributed by atoms with Gasteiger partial charge >= 0.3 is 0 Å². The number of rotatable bonds is 3. The maximum Gasteiger partial charge on any atom is 0.255 e. The Labute approximate surface area is 162 Å². The van der Waals surface area contributed by atoms with Crippen LogP contribution in [0.1, 0.15) is 17.3 Å². The third kappa shape index (κ3) is 3.79. The highest BCUT2D eigenvalue weighted by molar-refractivity contribution is 8.00. The van der Waals surface area contributed by atoms with Crippen molar-refractivity contribution in [2.24, 2.45) is 0 Å². The van der Waals surface area contributed by atoms with Crippen LogP contribution < -0.4 is 15.5 Å². The van der Waals surface area contributed by atoms with Crippen LogP contribution in [0.15, 0.2) is 47.4 Å². The van der Waals surface area contributed by atoms with E-state index in [0.29, 0.717) is 24.5 Å². The van der Waals surface area contributed by atoms with Gasteiger partial charge in [-0.2, -0.15) is 0 Å². The van der Waals surface area contributed by atoms with Gasteiger partial charge in [0.25, 0.3) is 5.91 Å². The van der Waals surface area contributed by atoms with Crippen LogP contribution in [0.3, 0.4) is 0 Å². The Balaban J connectivity index is 1.55. The predicted octanol–water partition coefficient (Wildman–Crippen LogP) is 3.21. The molecule has 0 radical (unpaired) electrons. The molecule has 2 aromatic rings. The Morgan fingerprint density at radius 1 is 1.22 bits per heavy atom. The van der Waals surface area contributed by atoms with Gasteiger partial charge in [-0.05, 0) is 37.3 Å². The maximum atomic E-state index is 12.8. The average molecular weight is 383 g/mol. The number of fused-ring (bicyclic) bond motifs is 1. The van der Waals surface area contributed by atoms with Crippen LogP contribution in [0.25, 0.3) is 0 Å². The topological polar surface area (TPSA) is 70.7 Å². The Kier molecular flexibility index (Phi) is 5.05. The lowest BCUT2D eigenvalue weighted by molar-refractivity contribution is -0.115. The van der Waals surface area contributed by atoms with Crippen molar-refractivity contribution in [2.45, 2.75) is 17.1 Å². The SMILES string of the molecule is C[C@@H]1Sc2ccc(C(=O)Nc3ccccc3N3CCOCC3)cc2NC1=O. The molecule has 0 spiro atoms. The molecule has 1 fully saturated rings. The number of nitrogens with one attached hydrogen (secondary N) is 2. The van der Waals surface area contributed by atoms with Crippen molar-refractivity contribution in [3.63, 3.8) is 0 Å². The molecular weight excluding hydrogens is 362 g/mol. The molecule has 140 valence electrons. The molecule has 0 bridgehead atoms. The molecule has 2 heterocycles. The van der Waals surface area contributed by atoms with Crippen molar-refractivity contribution < 1.29 is 14.3 Å². The normalized spacial score (nSPS) is 19.2. The first kappa shape index (κ1) is 17.9. The smallest absolute Gasteiger partial charge is 0.255 e. The Hall–Kier alpha value is -2.51. The van der Waals surface area contributed by atoms with E-state index in [1.165, 1.54) is 11.8 Å². The van der Waals surface area contributed by atoms with Gasteiger partial charge in [0.05, 0.1) is 35.5 Å². The van der Waals surface area contributed by atoms with E-state index in [4.69, 9.17) is 4.74 Å². The van der Waals surface area contributed by atoms with E-state index < -0.39 is 0 Å². The third-order valence-electron chi connectivity index (χ3n) is 4.68. The fraction of sp³-hybridized carbons (Fsp3) is 0.300. The summed E-state index contributed by atoms with van der Waals surface area (Å²) in [6.07, 6.45) is 0. The van der Waals surface area contributed by atoms with E-state index in [9.17, 15) is 9.59 Å². The van der Waals surface area contributed by atoms with E-state index in [2.05, 4.69) is 15.5 Å². The van der Waals surface area contributed by atoms with Gasteiger partial charge in [0.2, 0.25) is 5.91 Å². The van der Waals surface area contributed by atoms with Gasteiger partial charge in [-0.1, -0.05) is 12.1 Å². The third-order valence-corrected chi connectivity index (χ3v) is 5.85. The first-order valence-corrected chi connectivity index (χ1v) is 9.84. The number of nitrogens with zero attached hydrogens (tertiary/aromatic N) is 1. The minimum absolute atomic E-state index is 0.0391. The second-order valence-corrected chi connectivity index (χ2v) is 7.91. The molecular formula is C20H21N3O3S. The summed E-state index contributed by atoms with van der Waals surface area (Å²) in [7, 11) is 0. The van der Waals surface area contributed by atoms with Gasteiger partial charge in [0, 0.05) is 23.5 Å². The minimum atomic E-state index is -0.198. The maximum absolute atomic E-state index is 12.8. The fourth-order valence-electron chi connectivity index (χ4n) is 3.20. The van der Waals surface area contributed by atoms with Gasteiger partial charge < -0.3 is 20.3 Å². The zero-order valence-corrected chi connectivity index (χ0v) is 15.8. The molecule has 2 aliphatic heterocycles. The second kappa shape index (κ2) is 7.62. The molecule has 6 nitrogen and oxygen atoms in total. The number of carbonyl (C=O) groups excluding carboxylic acids is 2. The number of thioether (sulfide) groups is 1. The van der Waals surface area contributed by atoms with Crippen LogP contribution in [0.5, 0.6) is 0 Å². The number of amides is 2. The van der Waals surface area contributed by atoms with Gasteiger partial charge in [0.1, 0.15) is 0 Å². The van der Waals surface area contributed by atoms with E-state index in [1.54, 1.807) is 12.1 Å². The number of hydrogen-bond donors (Lipinski definition) is 2. The highest BCUT2D eigenvalue weighted by atomic mass is 32.2. The molecule has 0 unspecified atom stereocenters. The first-order valence-electron chi connectivity index (χ1n) is 8.96. The molecule has 7 heteroatoms. The number of para-hydroxylation sites is 2. The molecule has 1 atom stereocenters. The van der Waals surface area contributed by atoms with Crippen molar-refractivity contribution >= 4 is 40.6 Å². The van der Waals surface area contributed by atoms with Crippen molar-refractivity contribution in [1.29, 1.82) is 0 Å². The van der Waals surface area contributed by atoms with Crippen LogP contribution in [0.2, 0.25) is 0 Å². The molecule has 2 N–H and O–H groups in total. The summed E-state index contributed by atoms with van der Waals surface area (Å²) in [6.45, 7) is 4.83. The highest BCUT2D eigenvalue weighted by Crippen LogP contribution is 2.36. The van der Waals surface area contributed by atoms with Gasteiger partial charge in [-0.15, -0.1) is 11.8 Å². The molecule has 2 aliphatic rings. The number of benzene rings is 2. The summed E-state index contributed by atoms with van der Waals surface area (Å²) in [5.41, 5.74) is 2.97. The van der Waals surface area contributed by atoms with Crippen LogP contribution in [0, 0.1) is 0 Å². The van der Waals surface area contributed by atoms with Crippen molar-refractivity contribution in [3.05, 3.63) is 48.0 Å². The van der Waals surface area contributed by atoms with E-state index in [-0.39, 0.29) is 17.1 Å². The summed E-state index contributed by atoms with van der Waals surface area (Å²) in [6, 6.07) is 13.2. The highest BCUT2D eigenvalue weighted by Gasteiger charge is 2.24. The Morgan fingerprint density at radius 2 is 2.00 bits per heavy atom. The molecule has 27 heavy (non-hydrogen) atoms. The summed E-state index contributed by atoms with van der Waals surface area (Å²) in [5, 5.41) is 5.75. The van der Waals surface area contributed by atoms with Crippen LogP contribution in [0.4, 0.5) is 17.1 Å². The lowest BCUT2D eigenvalue weighted by atomic mass is 10.1. The zero-order chi connectivity index (χ0) is 18.8. The Morgan fingerprint density at radius 3 is 2.81 bits per heavy atom. The summed E-state index contributed by atoms with van der Waals surface area (Å²) in [4.78, 5) is 27.9. The number of morpholine rings is 1. The van der Waals surface area contributed by atoms with E-state index >= 15 is 0 Å². The van der Waals surface area contributed by atoms with Crippen LogP contribution >= 0.6 is 11.8 Å². The molecule has 2 amide bonds. The minimum Gasteiger partial charge on any atom is -0.378 e. The average Bonchev–Trinajstić information content (AvgIpc) is 2.69. The number of carbonyl (C=O) groups is 2. The van der Waals surface area contributed by atoms with E-state index in [1.807, 2.05) is 37.3 Å². The molecule has 0 aliphatic carbocycles. The number of anilines is 3. The first-order chi connectivity index (χ1) is 13.1. The summed E-state index contributed by atoms with van der Waals surface area (Å²) in [5.74, 6) is -0.237. The quantitative estimate of drug-likeness (QED) is 0.852. The summed E-state index contributed by atoms with van der Waals surface area (Å²) < 4.78 is 5.42. The van der Waals surface area contributed by atoms with Gasteiger partial charge in [0.15, 0.2) is 0 Å². The zero-order valence-electron chi connectivity index (χ0n) is 15.0. The largest absolute Gasteiger partial charge is 0.378 e. The van der Waals surface area contributed by atoms with E-state index in [0.717, 1.165) is 29.4 Å². The van der Waals surface area contributed by atoms with Crippen molar-refractivity contribution in [3.8, 4) is 0 Å². The van der Waals surface area contributed by atoms with Gasteiger partial charge in [-0.25, -0.2) is 0 Å². The predicted molar refractivity (Wildman–Crippen MR) is 108 cm³/mol. The standard InChI is InChI=1S/C20H21N3O3S/c1-13-19(24)22-16-12-14(6-7-18(16)27-13)20(25)21-15-4-2-3-5-17(15)23-8-10-26-11-9-23/h2-7,12-13H,8-11H2,1H3,(H,21,25)(H,22,24)/t13-/m0/s1. The number of ether oxygens (including phenoxy) is 1. The number of hydrogen-bond acceptors (Lipinski definition) is 5. The molecule has 4 rings (SSSR count). The molecule has 0 saturated carbocycles. The lowest BCUT2D eigenvalue weighted by Crippen LogP contribution is -2.36. The van der Waals surface area contributed by atoms with Crippen LogP contribution in [-0.2, 0) is 9.53 Å². The van der Waals surface area contributed by atoms with Gasteiger partial charge in [-0.3, -0.25) is 9.59 Å². The fourth-order valence-corrected chi connectivity index (χ4v) is 4.13. The van der Waals surface area contributed by atoms with Crippen LogP contribution in [-0.4, -0.2) is 43.4 Å². The monoisotopic (exact) mass is 383 g/mol. The molecule has 2 aromatic carbocycles. The second-order valence-electron chi connectivity index (χ2n) is 6.53. The van der Waals surface area contributed by atoms with Crippen molar-refractivity contribution in [1.82, 2.24) is 0 Å². The molecule has 0 aromatic heterocycles. The summed E-state index contributed by atoms with van der Waals surface area (Å²) >= 11 is 1.50.